The summed E-state index contributed by atoms with van der Waals surface area (Å²) in [5.41, 5.74) is 5.82. The number of nitrogens with zero attached hydrogens (tertiary/aromatic N) is 2. The molecule has 6 nitrogen and oxygen atoms in total. The molecule has 1 aliphatic rings. The third-order valence-corrected chi connectivity index (χ3v) is 5.40. The Hall–Kier alpha value is -1.15. The number of carbonyl (C=O) groups is 1. The molecule has 1 fully saturated rings. The van der Waals surface area contributed by atoms with Crippen molar-refractivity contribution in [3.05, 3.63) is 34.9 Å². The van der Waals surface area contributed by atoms with Gasteiger partial charge in [0.2, 0.25) is 5.91 Å². The summed E-state index contributed by atoms with van der Waals surface area (Å²) in [7, 11) is -3.67. The Labute approximate surface area is 123 Å². The van der Waals surface area contributed by atoms with Gasteiger partial charge >= 0.3 is 0 Å². The largest absolute Gasteiger partial charge is 0.369 e. The van der Waals surface area contributed by atoms with Crippen LogP contribution >= 0.6 is 11.6 Å². The van der Waals surface area contributed by atoms with Crippen LogP contribution in [0.4, 0.5) is 0 Å². The second-order valence-corrected chi connectivity index (χ2v) is 6.92. The Morgan fingerprint density at radius 3 is 2.55 bits per heavy atom. The van der Waals surface area contributed by atoms with Crippen molar-refractivity contribution in [3.8, 4) is 0 Å². The monoisotopic (exact) mass is 317 g/mol. The summed E-state index contributed by atoms with van der Waals surface area (Å²) in [5, 5.41) is 0.523. The van der Waals surface area contributed by atoms with Gasteiger partial charge in [-0.3, -0.25) is 4.79 Å². The average Bonchev–Trinajstić information content (AvgIpc) is 2.36. The molecule has 1 amide bonds. The topological polar surface area (TPSA) is 83.7 Å². The Morgan fingerprint density at radius 1 is 1.25 bits per heavy atom. The fraction of sp³-hybridized carbons (Fsp3) is 0.417. The van der Waals surface area contributed by atoms with Crippen molar-refractivity contribution in [2.45, 2.75) is 13.0 Å². The molecule has 0 radical (unpaired) electrons. The third-order valence-electron chi connectivity index (χ3n) is 3.10. The summed E-state index contributed by atoms with van der Waals surface area (Å²) in [6.07, 6.45) is 0.650. The first kappa shape index (κ1) is 15.2. The van der Waals surface area contributed by atoms with Crippen LogP contribution in [0.5, 0.6) is 0 Å². The zero-order valence-electron chi connectivity index (χ0n) is 10.8. The van der Waals surface area contributed by atoms with E-state index in [0.29, 0.717) is 24.5 Å². The lowest BCUT2D eigenvalue weighted by atomic mass is 10.2. The fourth-order valence-corrected chi connectivity index (χ4v) is 3.96. The maximum atomic E-state index is 12.4. The predicted molar refractivity (Wildman–Crippen MR) is 76.2 cm³/mol. The van der Waals surface area contributed by atoms with Crippen LogP contribution in [0.3, 0.4) is 0 Å². The summed E-state index contributed by atoms with van der Waals surface area (Å²) in [4.78, 5) is 11.0. The van der Waals surface area contributed by atoms with Crippen molar-refractivity contribution in [2.24, 2.45) is 5.73 Å². The van der Waals surface area contributed by atoms with E-state index in [1.54, 1.807) is 24.3 Å². The summed E-state index contributed by atoms with van der Waals surface area (Å²) < 4.78 is 27.2. The minimum Gasteiger partial charge on any atom is -0.369 e. The number of nitrogens with two attached hydrogens (primary N) is 1. The standard InChI is InChI=1S/C12H16ClN3O3S/c13-11-5-2-1-4-10(11)8-15-6-3-7-16(9-12(14)17)20(15,18)19/h1-2,4-5H,3,6-9H2,(H2,14,17). The molecule has 1 saturated heterocycles. The SMILES string of the molecule is NC(=O)CN1CCCN(Cc2ccccc2Cl)S1(=O)=O. The first-order chi connectivity index (χ1) is 9.41. The molecule has 2 N–H and O–H groups in total. The number of carbonyl (C=O) groups excluding carboxylic acids is 1. The number of halogens is 1. The second-order valence-electron chi connectivity index (χ2n) is 4.59. The normalized spacial score (nSPS) is 19.9. The van der Waals surface area contributed by atoms with Crippen LogP contribution in [0, 0.1) is 0 Å². The molecule has 0 bridgehead atoms. The average molecular weight is 318 g/mol. The van der Waals surface area contributed by atoms with Crippen LogP contribution in [-0.2, 0) is 21.5 Å². The number of hydrogen-bond acceptors (Lipinski definition) is 3. The van der Waals surface area contributed by atoms with Crippen molar-refractivity contribution >= 4 is 27.7 Å². The van der Waals surface area contributed by atoms with Crippen LogP contribution in [0.2, 0.25) is 5.02 Å². The second kappa shape index (κ2) is 6.09. The third kappa shape index (κ3) is 3.29. The van der Waals surface area contributed by atoms with Gasteiger partial charge in [0, 0.05) is 24.7 Å². The van der Waals surface area contributed by atoms with Gasteiger partial charge in [0.1, 0.15) is 0 Å². The molecular formula is C12H16ClN3O3S. The molecule has 0 saturated carbocycles. The Balaban J connectivity index is 2.19. The zero-order valence-corrected chi connectivity index (χ0v) is 12.4. The van der Waals surface area contributed by atoms with Gasteiger partial charge in [-0.25, -0.2) is 0 Å². The van der Waals surface area contributed by atoms with Crippen LogP contribution in [0.1, 0.15) is 12.0 Å². The minimum atomic E-state index is -3.67. The van der Waals surface area contributed by atoms with Gasteiger partial charge in [-0.2, -0.15) is 17.0 Å². The molecule has 110 valence electrons. The molecule has 0 spiro atoms. The van der Waals surface area contributed by atoms with E-state index in [1.165, 1.54) is 4.31 Å². The number of hydrogen-bond donors (Lipinski definition) is 1. The lowest BCUT2D eigenvalue weighted by Crippen LogP contribution is -2.51. The number of amides is 1. The highest BCUT2D eigenvalue weighted by Gasteiger charge is 2.34. The van der Waals surface area contributed by atoms with Crippen LogP contribution in [-0.4, -0.2) is 42.6 Å². The van der Waals surface area contributed by atoms with Crippen LogP contribution < -0.4 is 5.73 Å². The predicted octanol–water partition coefficient (Wildman–Crippen LogP) is 0.578. The van der Waals surface area contributed by atoms with E-state index in [0.717, 1.165) is 9.87 Å². The highest BCUT2D eigenvalue weighted by atomic mass is 35.5. The molecule has 1 aromatic rings. The quantitative estimate of drug-likeness (QED) is 0.881. The zero-order chi connectivity index (χ0) is 14.8. The van der Waals surface area contributed by atoms with Gasteiger partial charge in [0.05, 0.1) is 6.54 Å². The number of rotatable bonds is 4. The summed E-state index contributed by atoms with van der Waals surface area (Å²) in [6.45, 7) is 0.617. The van der Waals surface area contributed by atoms with Crippen molar-refractivity contribution in [2.75, 3.05) is 19.6 Å². The molecule has 0 atom stereocenters. The van der Waals surface area contributed by atoms with E-state index in [-0.39, 0.29) is 13.1 Å². The molecule has 0 unspecified atom stereocenters. The molecule has 0 aromatic heterocycles. The van der Waals surface area contributed by atoms with Crippen LogP contribution in [0.25, 0.3) is 0 Å². The summed E-state index contributed by atoms with van der Waals surface area (Å²) in [5.74, 6) is -0.659. The van der Waals surface area contributed by atoms with E-state index in [4.69, 9.17) is 17.3 Å². The Bertz CT molecular complexity index is 606. The molecule has 1 aliphatic heterocycles. The van der Waals surface area contributed by atoms with E-state index in [1.807, 2.05) is 0 Å². The van der Waals surface area contributed by atoms with E-state index >= 15 is 0 Å². The molecule has 1 aromatic carbocycles. The number of primary amides is 1. The van der Waals surface area contributed by atoms with Gasteiger partial charge in [-0.15, -0.1) is 0 Å². The van der Waals surface area contributed by atoms with Gasteiger partial charge < -0.3 is 5.73 Å². The first-order valence-electron chi connectivity index (χ1n) is 6.18. The summed E-state index contributed by atoms with van der Waals surface area (Å²) >= 11 is 6.05. The smallest absolute Gasteiger partial charge is 0.282 e. The van der Waals surface area contributed by atoms with E-state index < -0.39 is 16.1 Å². The molecular weight excluding hydrogens is 302 g/mol. The summed E-state index contributed by atoms with van der Waals surface area (Å²) in [6, 6.07) is 7.09. The van der Waals surface area contributed by atoms with E-state index in [9.17, 15) is 13.2 Å². The lowest BCUT2D eigenvalue weighted by Gasteiger charge is -2.34. The molecule has 1 heterocycles. The lowest BCUT2D eigenvalue weighted by molar-refractivity contribution is -0.118. The molecule has 2 rings (SSSR count). The van der Waals surface area contributed by atoms with Gasteiger partial charge in [0.25, 0.3) is 10.2 Å². The van der Waals surface area contributed by atoms with Gasteiger partial charge in [0.15, 0.2) is 0 Å². The van der Waals surface area contributed by atoms with Crippen LogP contribution in [0.15, 0.2) is 24.3 Å². The van der Waals surface area contributed by atoms with E-state index in [2.05, 4.69) is 0 Å². The highest BCUT2D eigenvalue weighted by molar-refractivity contribution is 7.86. The van der Waals surface area contributed by atoms with Gasteiger partial charge in [-0.05, 0) is 18.1 Å². The minimum absolute atomic E-state index is 0.192. The van der Waals surface area contributed by atoms with Crippen molar-refractivity contribution < 1.29 is 13.2 Å². The molecule has 20 heavy (non-hydrogen) atoms. The fourth-order valence-electron chi connectivity index (χ4n) is 2.13. The maximum absolute atomic E-state index is 12.4. The van der Waals surface area contributed by atoms with Crippen molar-refractivity contribution in [3.63, 3.8) is 0 Å². The number of benzene rings is 1. The van der Waals surface area contributed by atoms with Gasteiger partial charge in [-0.1, -0.05) is 29.8 Å². The Morgan fingerprint density at radius 2 is 1.90 bits per heavy atom. The Kier molecular flexibility index (Phi) is 4.64. The first-order valence-corrected chi connectivity index (χ1v) is 7.95. The molecule has 8 heteroatoms. The van der Waals surface area contributed by atoms with Crippen molar-refractivity contribution in [1.29, 1.82) is 0 Å². The maximum Gasteiger partial charge on any atom is 0.282 e. The molecule has 0 aliphatic carbocycles. The highest BCUT2D eigenvalue weighted by Crippen LogP contribution is 2.22. The van der Waals surface area contributed by atoms with Crippen molar-refractivity contribution in [1.82, 2.24) is 8.61 Å².